The van der Waals surface area contributed by atoms with E-state index in [-0.39, 0.29) is 5.78 Å². The van der Waals surface area contributed by atoms with Crippen molar-refractivity contribution >= 4 is 68.0 Å². The lowest BCUT2D eigenvalue weighted by atomic mass is 10.2. The molecule has 0 saturated carbocycles. The lowest BCUT2D eigenvalue weighted by Gasteiger charge is -2.01. The largest absolute Gasteiger partial charge is 0.293 e. The van der Waals surface area contributed by atoms with Gasteiger partial charge in [-0.25, -0.2) is 0 Å². The van der Waals surface area contributed by atoms with E-state index in [0.29, 0.717) is 20.0 Å². The molecule has 0 aliphatic heterocycles. The minimum atomic E-state index is -0.00637. The molecule has 1 nitrogen and oxygen atoms in total. The molecule has 2 aromatic rings. The number of carbonyl (C=O) groups excluding carboxylic acids is 1. The monoisotopic (exact) mass is 380 g/mol. The molecule has 0 bridgehead atoms. The molecule has 0 N–H and O–H groups in total. The van der Waals surface area contributed by atoms with Crippen LogP contribution in [0.4, 0.5) is 0 Å². The van der Waals surface area contributed by atoms with Crippen LogP contribution in [0.15, 0.2) is 39.7 Å². The van der Waals surface area contributed by atoms with Crippen molar-refractivity contribution in [1.29, 1.82) is 0 Å². The van der Waals surface area contributed by atoms with E-state index < -0.39 is 0 Å². The Labute approximate surface area is 132 Å². The zero-order chi connectivity index (χ0) is 13.1. The van der Waals surface area contributed by atoms with Gasteiger partial charge >= 0.3 is 0 Å². The van der Waals surface area contributed by atoms with Gasteiger partial charge in [-0.1, -0.05) is 45.2 Å². The van der Waals surface area contributed by atoms with Crippen molar-refractivity contribution in [3.8, 4) is 0 Å². The molecule has 0 aliphatic carbocycles. The summed E-state index contributed by atoms with van der Waals surface area (Å²) in [5, 5.41) is 0. The molecule has 94 valence electrons. The molecule has 0 fully saturated rings. The fraction of sp³-hybridized carbons (Fsp3) is 0.0833. The van der Waals surface area contributed by atoms with Gasteiger partial charge in [0.1, 0.15) is 4.34 Å². The minimum Gasteiger partial charge on any atom is -0.293 e. The Morgan fingerprint density at radius 3 is 2.72 bits per heavy atom. The predicted molar refractivity (Wildman–Crippen MR) is 83.5 cm³/mol. The summed E-state index contributed by atoms with van der Waals surface area (Å²) >= 11 is 17.8. The molecule has 18 heavy (non-hydrogen) atoms. The summed E-state index contributed by atoms with van der Waals surface area (Å²) in [5.41, 5.74) is 0.508. The SMILES string of the molecule is O=C(CSc1cccc(Br)c1)c1cc(Cl)sc1Cl. The Kier molecular flexibility index (Phi) is 5.15. The van der Waals surface area contributed by atoms with E-state index in [9.17, 15) is 4.79 Å². The van der Waals surface area contributed by atoms with Gasteiger partial charge in [0.2, 0.25) is 0 Å². The van der Waals surface area contributed by atoms with Gasteiger partial charge in [-0.05, 0) is 24.3 Å². The van der Waals surface area contributed by atoms with E-state index in [1.165, 1.54) is 23.1 Å². The number of rotatable bonds is 4. The molecular formula is C12H7BrCl2OS2. The summed E-state index contributed by atoms with van der Waals surface area (Å²) in [6, 6.07) is 9.44. The van der Waals surface area contributed by atoms with Crippen LogP contribution in [0.1, 0.15) is 10.4 Å². The zero-order valence-electron chi connectivity index (χ0n) is 8.95. The van der Waals surface area contributed by atoms with E-state index in [2.05, 4.69) is 15.9 Å². The number of thioether (sulfide) groups is 1. The van der Waals surface area contributed by atoms with Crippen molar-refractivity contribution in [2.75, 3.05) is 5.75 Å². The molecule has 1 heterocycles. The van der Waals surface area contributed by atoms with Crippen molar-refractivity contribution in [2.45, 2.75) is 4.90 Å². The van der Waals surface area contributed by atoms with E-state index in [1.807, 2.05) is 24.3 Å². The summed E-state index contributed by atoms with van der Waals surface area (Å²) in [7, 11) is 0. The van der Waals surface area contributed by atoms with Crippen LogP contribution in [0.2, 0.25) is 8.67 Å². The first-order chi connectivity index (χ1) is 8.56. The highest BCUT2D eigenvalue weighted by Gasteiger charge is 2.14. The third-order valence-corrected chi connectivity index (χ3v) is 5.10. The highest BCUT2D eigenvalue weighted by Crippen LogP contribution is 2.32. The van der Waals surface area contributed by atoms with Crippen LogP contribution in [0, 0.1) is 0 Å². The molecular weight excluding hydrogens is 375 g/mol. The Morgan fingerprint density at radius 1 is 1.33 bits per heavy atom. The Bertz CT molecular complexity index is 583. The number of halogens is 3. The van der Waals surface area contributed by atoms with Crippen molar-refractivity contribution in [3.63, 3.8) is 0 Å². The first-order valence-electron chi connectivity index (χ1n) is 4.92. The van der Waals surface area contributed by atoms with Gasteiger partial charge in [-0.2, -0.15) is 0 Å². The lowest BCUT2D eigenvalue weighted by Crippen LogP contribution is -2.00. The average Bonchev–Trinajstić information content (AvgIpc) is 2.66. The van der Waals surface area contributed by atoms with Crippen molar-refractivity contribution in [1.82, 2.24) is 0 Å². The number of carbonyl (C=O) groups is 1. The maximum absolute atomic E-state index is 12.0. The van der Waals surface area contributed by atoms with Gasteiger partial charge < -0.3 is 0 Å². The molecule has 2 rings (SSSR count). The highest BCUT2D eigenvalue weighted by molar-refractivity contribution is 9.10. The lowest BCUT2D eigenvalue weighted by molar-refractivity contribution is 0.102. The number of thiophene rings is 1. The maximum Gasteiger partial charge on any atom is 0.175 e. The highest BCUT2D eigenvalue weighted by atomic mass is 79.9. The predicted octanol–water partition coefficient (Wildman–Crippen LogP) is 5.79. The minimum absolute atomic E-state index is 0.00637. The molecule has 1 aromatic heterocycles. The second-order valence-electron chi connectivity index (χ2n) is 3.41. The Morgan fingerprint density at radius 2 is 2.11 bits per heavy atom. The number of hydrogen-bond donors (Lipinski definition) is 0. The van der Waals surface area contributed by atoms with Gasteiger partial charge in [-0.15, -0.1) is 23.1 Å². The van der Waals surface area contributed by atoms with Crippen LogP contribution in [-0.4, -0.2) is 11.5 Å². The number of Topliss-reactive ketones (excluding diaryl/α,β-unsaturated/α-hetero) is 1. The molecule has 0 saturated heterocycles. The molecule has 0 atom stereocenters. The van der Waals surface area contributed by atoms with E-state index in [1.54, 1.807) is 6.07 Å². The summed E-state index contributed by atoms with van der Waals surface area (Å²) in [4.78, 5) is 13.0. The normalized spacial score (nSPS) is 10.6. The fourth-order valence-corrected chi connectivity index (χ4v) is 4.20. The van der Waals surface area contributed by atoms with E-state index in [4.69, 9.17) is 23.2 Å². The van der Waals surface area contributed by atoms with Crippen LogP contribution in [0.5, 0.6) is 0 Å². The van der Waals surface area contributed by atoms with Crippen molar-refractivity contribution < 1.29 is 4.79 Å². The standard InChI is InChI=1S/C12H7BrCl2OS2/c13-7-2-1-3-8(4-7)17-6-10(16)9-5-11(14)18-12(9)15/h1-5H,6H2. The number of benzene rings is 1. The van der Waals surface area contributed by atoms with Crippen molar-refractivity contribution in [3.05, 3.63) is 49.0 Å². The van der Waals surface area contributed by atoms with Gasteiger partial charge in [0, 0.05) is 14.9 Å². The molecule has 0 spiro atoms. The summed E-state index contributed by atoms with van der Waals surface area (Å²) in [6.45, 7) is 0. The van der Waals surface area contributed by atoms with Crippen LogP contribution < -0.4 is 0 Å². The molecule has 0 aliphatic rings. The first kappa shape index (κ1) is 14.4. The van der Waals surface area contributed by atoms with Gasteiger partial charge in [0.05, 0.1) is 10.1 Å². The van der Waals surface area contributed by atoms with E-state index in [0.717, 1.165) is 9.37 Å². The van der Waals surface area contributed by atoms with Crippen LogP contribution in [0.3, 0.4) is 0 Å². The quantitative estimate of drug-likeness (QED) is 0.492. The Hall–Kier alpha value is -0.0000000000000000555. The molecule has 0 amide bonds. The number of hydrogen-bond acceptors (Lipinski definition) is 3. The first-order valence-corrected chi connectivity index (χ1v) is 8.28. The summed E-state index contributed by atoms with van der Waals surface area (Å²) < 4.78 is 1.99. The third kappa shape index (κ3) is 3.75. The number of ketones is 1. The van der Waals surface area contributed by atoms with Gasteiger partial charge in [0.15, 0.2) is 5.78 Å². The van der Waals surface area contributed by atoms with Gasteiger partial charge in [0.25, 0.3) is 0 Å². The van der Waals surface area contributed by atoms with Crippen LogP contribution >= 0.6 is 62.2 Å². The van der Waals surface area contributed by atoms with Crippen LogP contribution in [0.25, 0.3) is 0 Å². The zero-order valence-corrected chi connectivity index (χ0v) is 13.7. The topological polar surface area (TPSA) is 17.1 Å². The molecule has 1 aromatic carbocycles. The third-order valence-electron chi connectivity index (χ3n) is 2.12. The summed E-state index contributed by atoms with van der Waals surface area (Å²) in [5.74, 6) is 0.344. The molecule has 0 radical (unpaired) electrons. The molecule has 0 unspecified atom stereocenters. The van der Waals surface area contributed by atoms with E-state index >= 15 is 0 Å². The van der Waals surface area contributed by atoms with Gasteiger partial charge in [-0.3, -0.25) is 4.79 Å². The summed E-state index contributed by atoms with van der Waals surface area (Å²) in [6.07, 6.45) is 0. The maximum atomic E-state index is 12.0. The fourth-order valence-electron chi connectivity index (χ4n) is 1.31. The second kappa shape index (κ2) is 6.44. The Balaban J connectivity index is 2.03. The molecule has 6 heteroatoms. The average molecular weight is 382 g/mol. The van der Waals surface area contributed by atoms with Crippen molar-refractivity contribution in [2.24, 2.45) is 0 Å². The van der Waals surface area contributed by atoms with Crippen LogP contribution in [-0.2, 0) is 0 Å². The smallest absolute Gasteiger partial charge is 0.175 e. The second-order valence-corrected chi connectivity index (χ2v) is 7.66.